The minimum absolute atomic E-state index is 0.0857. The van der Waals surface area contributed by atoms with Crippen LogP contribution in [0, 0.1) is 0 Å². The van der Waals surface area contributed by atoms with E-state index in [1.54, 1.807) is 6.07 Å². The second kappa shape index (κ2) is 4.04. The summed E-state index contributed by atoms with van der Waals surface area (Å²) in [6.07, 6.45) is 1.45. The second-order valence-electron chi connectivity index (χ2n) is 2.42. The number of carboxylic acids is 1. The van der Waals surface area contributed by atoms with Crippen molar-refractivity contribution in [3.63, 3.8) is 0 Å². The Bertz CT molecular complexity index is 318. The van der Waals surface area contributed by atoms with Gasteiger partial charge in [0.05, 0.1) is 0 Å². The lowest BCUT2D eigenvalue weighted by Gasteiger charge is -2.08. The van der Waals surface area contributed by atoms with Crippen LogP contribution in [0.3, 0.4) is 0 Å². The third kappa shape index (κ3) is 2.87. The van der Waals surface area contributed by atoms with Gasteiger partial charge in [-0.1, -0.05) is 0 Å². The van der Waals surface area contributed by atoms with Gasteiger partial charge in [0, 0.05) is 6.20 Å². The first kappa shape index (κ1) is 9.73. The van der Waals surface area contributed by atoms with Crippen LogP contribution < -0.4 is 5.32 Å². The normalized spacial score (nSPS) is 12.2. The van der Waals surface area contributed by atoms with Gasteiger partial charge < -0.3 is 10.4 Å². The van der Waals surface area contributed by atoms with Gasteiger partial charge in [0.1, 0.15) is 11.9 Å². The number of carboxylic acid groups (broad SMARTS) is 1. The number of aromatic nitrogens is 2. The Hall–Kier alpha value is -1.36. The summed E-state index contributed by atoms with van der Waals surface area (Å²) in [4.78, 5) is 17.9. The van der Waals surface area contributed by atoms with Gasteiger partial charge in [-0.15, -0.1) is 0 Å². The molecule has 0 amide bonds. The number of anilines is 1. The molecule has 1 rings (SSSR count). The van der Waals surface area contributed by atoms with E-state index in [0.29, 0.717) is 5.82 Å². The van der Waals surface area contributed by atoms with Crippen LogP contribution in [0.2, 0.25) is 5.28 Å². The molecule has 1 atom stereocenters. The standard InChI is InChI=1S/C7H8ClN3O2/c1-4(6(12)13)10-5-2-3-9-7(8)11-5/h2-4H,1H3,(H,12,13)(H,9,10,11). The van der Waals surface area contributed by atoms with Crippen molar-refractivity contribution in [2.24, 2.45) is 0 Å². The monoisotopic (exact) mass is 201 g/mol. The van der Waals surface area contributed by atoms with Gasteiger partial charge in [-0.3, -0.25) is 4.79 Å². The number of hydrogen-bond donors (Lipinski definition) is 2. The van der Waals surface area contributed by atoms with Crippen molar-refractivity contribution in [3.05, 3.63) is 17.5 Å². The molecule has 0 aromatic carbocycles. The number of nitrogens with one attached hydrogen (secondary N) is 1. The molecule has 1 unspecified atom stereocenters. The molecule has 0 saturated heterocycles. The Balaban J connectivity index is 2.69. The molecule has 0 bridgehead atoms. The van der Waals surface area contributed by atoms with Crippen LogP contribution in [0.5, 0.6) is 0 Å². The van der Waals surface area contributed by atoms with Crippen molar-refractivity contribution in [2.45, 2.75) is 13.0 Å². The molecular formula is C7H8ClN3O2. The van der Waals surface area contributed by atoms with Gasteiger partial charge in [-0.25, -0.2) is 9.97 Å². The van der Waals surface area contributed by atoms with E-state index in [-0.39, 0.29) is 5.28 Å². The SMILES string of the molecule is CC(Nc1ccnc(Cl)n1)C(=O)O. The third-order valence-electron chi connectivity index (χ3n) is 1.36. The lowest BCUT2D eigenvalue weighted by Crippen LogP contribution is -2.25. The Kier molecular flexibility index (Phi) is 3.02. The zero-order valence-corrected chi connectivity index (χ0v) is 7.62. The van der Waals surface area contributed by atoms with E-state index in [9.17, 15) is 4.79 Å². The van der Waals surface area contributed by atoms with Crippen LogP contribution in [-0.4, -0.2) is 27.1 Å². The number of aliphatic carboxylic acids is 1. The second-order valence-corrected chi connectivity index (χ2v) is 2.75. The molecule has 0 aliphatic heterocycles. The van der Waals surface area contributed by atoms with Gasteiger partial charge in [0.2, 0.25) is 5.28 Å². The molecule has 0 radical (unpaired) electrons. The van der Waals surface area contributed by atoms with Crippen LogP contribution in [0.1, 0.15) is 6.92 Å². The van der Waals surface area contributed by atoms with Crippen molar-refractivity contribution in [2.75, 3.05) is 5.32 Å². The zero-order valence-electron chi connectivity index (χ0n) is 6.86. The average Bonchev–Trinajstić information content (AvgIpc) is 2.04. The summed E-state index contributed by atoms with van der Waals surface area (Å²) in [5, 5.41) is 11.3. The average molecular weight is 202 g/mol. The van der Waals surface area contributed by atoms with Crippen LogP contribution in [0.25, 0.3) is 0 Å². The highest BCUT2D eigenvalue weighted by atomic mass is 35.5. The van der Waals surface area contributed by atoms with Gasteiger partial charge in [-0.05, 0) is 24.6 Å². The zero-order chi connectivity index (χ0) is 9.84. The van der Waals surface area contributed by atoms with Gasteiger partial charge in [-0.2, -0.15) is 0 Å². The number of rotatable bonds is 3. The quantitative estimate of drug-likeness (QED) is 0.714. The topological polar surface area (TPSA) is 75.1 Å². The molecule has 70 valence electrons. The maximum Gasteiger partial charge on any atom is 0.325 e. The highest BCUT2D eigenvalue weighted by molar-refractivity contribution is 6.28. The van der Waals surface area contributed by atoms with E-state index in [1.807, 2.05) is 0 Å². The smallest absolute Gasteiger partial charge is 0.325 e. The molecule has 1 heterocycles. The van der Waals surface area contributed by atoms with Crippen molar-refractivity contribution >= 4 is 23.4 Å². The maximum absolute atomic E-state index is 10.4. The van der Waals surface area contributed by atoms with E-state index in [4.69, 9.17) is 16.7 Å². The minimum Gasteiger partial charge on any atom is -0.480 e. The third-order valence-corrected chi connectivity index (χ3v) is 1.54. The number of nitrogens with zero attached hydrogens (tertiary/aromatic N) is 2. The van der Waals surface area contributed by atoms with Crippen molar-refractivity contribution in [3.8, 4) is 0 Å². The molecule has 13 heavy (non-hydrogen) atoms. The van der Waals surface area contributed by atoms with E-state index in [2.05, 4.69) is 15.3 Å². The van der Waals surface area contributed by atoms with Gasteiger partial charge in [0.15, 0.2) is 0 Å². The van der Waals surface area contributed by atoms with Crippen LogP contribution in [0.15, 0.2) is 12.3 Å². The number of carbonyl (C=O) groups is 1. The summed E-state index contributed by atoms with van der Waals surface area (Å²) in [7, 11) is 0. The molecule has 0 saturated carbocycles. The van der Waals surface area contributed by atoms with E-state index in [0.717, 1.165) is 0 Å². The van der Waals surface area contributed by atoms with Crippen molar-refractivity contribution in [1.29, 1.82) is 0 Å². The van der Waals surface area contributed by atoms with Crippen molar-refractivity contribution < 1.29 is 9.90 Å². The molecule has 0 spiro atoms. The van der Waals surface area contributed by atoms with E-state index >= 15 is 0 Å². The largest absolute Gasteiger partial charge is 0.480 e. The first-order valence-corrected chi connectivity index (χ1v) is 3.95. The van der Waals surface area contributed by atoms with Crippen molar-refractivity contribution in [1.82, 2.24) is 9.97 Å². The van der Waals surface area contributed by atoms with Crippen LogP contribution in [0.4, 0.5) is 5.82 Å². The first-order chi connectivity index (χ1) is 6.09. The fourth-order valence-electron chi connectivity index (χ4n) is 0.699. The molecule has 0 aliphatic carbocycles. The van der Waals surface area contributed by atoms with Crippen LogP contribution in [-0.2, 0) is 4.79 Å². The number of hydrogen-bond acceptors (Lipinski definition) is 4. The molecular weight excluding hydrogens is 194 g/mol. The minimum atomic E-state index is -0.949. The van der Waals surface area contributed by atoms with Gasteiger partial charge >= 0.3 is 5.97 Å². The molecule has 0 fully saturated rings. The summed E-state index contributed by atoms with van der Waals surface area (Å²) in [6, 6.07) is 0.844. The Morgan fingerprint density at radius 3 is 3.00 bits per heavy atom. The highest BCUT2D eigenvalue weighted by Gasteiger charge is 2.10. The summed E-state index contributed by atoms with van der Waals surface area (Å²) in [5.41, 5.74) is 0. The lowest BCUT2D eigenvalue weighted by atomic mass is 10.3. The summed E-state index contributed by atoms with van der Waals surface area (Å²) >= 11 is 5.50. The Morgan fingerprint density at radius 2 is 2.46 bits per heavy atom. The Labute approximate surface area is 79.8 Å². The summed E-state index contributed by atoms with van der Waals surface area (Å²) in [5.74, 6) is -0.551. The van der Waals surface area contributed by atoms with Crippen LogP contribution >= 0.6 is 11.6 Å². The number of halogens is 1. The van der Waals surface area contributed by atoms with Gasteiger partial charge in [0.25, 0.3) is 0 Å². The molecule has 5 nitrogen and oxygen atoms in total. The van der Waals surface area contributed by atoms with E-state index < -0.39 is 12.0 Å². The molecule has 1 aromatic heterocycles. The molecule has 2 N–H and O–H groups in total. The Morgan fingerprint density at radius 1 is 1.77 bits per heavy atom. The molecule has 6 heteroatoms. The predicted octanol–water partition coefficient (Wildman–Crippen LogP) is 1.01. The summed E-state index contributed by atoms with van der Waals surface area (Å²) in [6.45, 7) is 1.51. The first-order valence-electron chi connectivity index (χ1n) is 3.57. The lowest BCUT2D eigenvalue weighted by molar-refractivity contribution is -0.137. The molecule has 0 aliphatic rings. The maximum atomic E-state index is 10.4. The highest BCUT2D eigenvalue weighted by Crippen LogP contribution is 2.06. The fourth-order valence-corrected chi connectivity index (χ4v) is 0.846. The fraction of sp³-hybridized carbons (Fsp3) is 0.286. The predicted molar refractivity (Wildman–Crippen MR) is 47.8 cm³/mol. The molecule has 1 aromatic rings. The summed E-state index contributed by atoms with van der Waals surface area (Å²) < 4.78 is 0. The van der Waals surface area contributed by atoms with E-state index in [1.165, 1.54) is 13.1 Å².